The van der Waals surface area contributed by atoms with Crippen LogP contribution in [0.1, 0.15) is 35.4 Å². The van der Waals surface area contributed by atoms with Crippen LogP contribution in [-0.4, -0.2) is 5.60 Å². The molecule has 1 nitrogen and oxygen atoms in total. The Balaban J connectivity index is 1.95. The fourth-order valence-corrected chi connectivity index (χ4v) is 3.30. The van der Waals surface area contributed by atoms with Gasteiger partial charge in [0.15, 0.2) is 0 Å². The van der Waals surface area contributed by atoms with Crippen LogP contribution in [0.5, 0.6) is 5.75 Å². The zero-order chi connectivity index (χ0) is 14.3. The lowest BCUT2D eigenvalue weighted by Gasteiger charge is -2.16. The van der Waals surface area contributed by atoms with E-state index < -0.39 is 0 Å². The van der Waals surface area contributed by atoms with Crippen molar-refractivity contribution in [3.05, 3.63) is 65.0 Å². The maximum atomic E-state index is 13.9. The van der Waals surface area contributed by atoms with E-state index in [1.54, 1.807) is 6.07 Å². The number of halogens is 2. The first-order valence-electron chi connectivity index (χ1n) is 6.67. The number of hydrogen-bond acceptors (Lipinski definition) is 1. The summed E-state index contributed by atoms with van der Waals surface area (Å²) in [5.41, 5.74) is 2.75. The van der Waals surface area contributed by atoms with E-state index in [4.69, 9.17) is 4.74 Å². The first kappa shape index (κ1) is 13.6. The van der Waals surface area contributed by atoms with Gasteiger partial charge >= 0.3 is 0 Å². The predicted octanol–water partition coefficient (Wildman–Crippen LogP) is 5.02. The lowest BCUT2D eigenvalue weighted by Crippen LogP contribution is -2.24. The van der Waals surface area contributed by atoms with Crippen molar-refractivity contribution in [1.29, 1.82) is 0 Å². The van der Waals surface area contributed by atoms with E-state index in [2.05, 4.69) is 35.8 Å². The first-order chi connectivity index (χ1) is 9.46. The molecule has 1 unspecified atom stereocenters. The number of fused-ring (bicyclic) bond motifs is 1. The van der Waals surface area contributed by atoms with Gasteiger partial charge in [0.05, 0.1) is 4.83 Å². The molecule has 2 aromatic carbocycles. The fraction of sp³-hybridized carbons (Fsp3) is 0.294. The molecule has 0 saturated carbocycles. The standard InChI is InChI=1S/C17H16BrFO/c1-17(2)10-12-9-11(7-8-15(12)20-17)16(18)13-5-3-4-6-14(13)19/h3-9,16H,10H2,1-2H3. The van der Waals surface area contributed by atoms with Gasteiger partial charge in [0, 0.05) is 12.0 Å². The second-order valence-corrected chi connectivity index (χ2v) is 6.71. The SMILES string of the molecule is CC1(C)Cc2cc(C(Br)c3ccccc3F)ccc2O1. The van der Waals surface area contributed by atoms with Gasteiger partial charge in [0.25, 0.3) is 0 Å². The van der Waals surface area contributed by atoms with Crippen LogP contribution in [0.15, 0.2) is 42.5 Å². The average molecular weight is 335 g/mol. The van der Waals surface area contributed by atoms with Crippen LogP contribution in [0.3, 0.4) is 0 Å². The van der Waals surface area contributed by atoms with Crippen molar-refractivity contribution < 1.29 is 9.13 Å². The van der Waals surface area contributed by atoms with Crippen molar-refractivity contribution in [3.8, 4) is 5.75 Å². The van der Waals surface area contributed by atoms with E-state index in [0.717, 1.165) is 17.7 Å². The molecule has 2 aromatic rings. The van der Waals surface area contributed by atoms with Crippen LogP contribution < -0.4 is 4.74 Å². The Labute approximate surface area is 126 Å². The topological polar surface area (TPSA) is 9.23 Å². The first-order valence-corrected chi connectivity index (χ1v) is 7.58. The molecule has 0 saturated heterocycles. The molecular formula is C17H16BrFO. The Bertz CT molecular complexity index is 651. The van der Waals surface area contributed by atoms with Gasteiger partial charge in [-0.15, -0.1) is 0 Å². The Hall–Kier alpha value is -1.35. The highest BCUT2D eigenvalue weighted by Gasteiger charge is 2.30. The molecular weight excluding hydrogens is 319 g/mol. The molecule has 0 amide bonds. The molecule has 0 radical (unpaired) electrons. The molecule has 0 aliphatic carbocycles. The molecule has 0 N–H and O–H groups in total. The summed E-state index contributed by atoms with van der Waals surface area (Å²) in [5, 5.41) is 0. The van der Waals surface area contributed by atoms with E-state index in [1.807, 2.05) is 24.3 Å². The Kier molecular flexibility index (Phi) is 3.33. The van der Waals surface area contributed by atoms with E-state index >= 15 is 0 Å². The normalized spacial score (nSPS) is 17.4. The van der Waals surface area contributed by atoms with E-state index in [-0.39, 0.29) is 16.2 Å². The van der Waals surface area contributed by atoms with Crippen molar-refractivity contribution in [1.82, 2.24) is 0 Å². The fourth-order valence-electron chi connectivity index (χ4n) is 2.65. The van der Waals surface area contributed by atoms with Crippen LogP contribution in [0.4, 0.5) is 4.39 Å². The summed E-state index contributed by atoms with van der Waals surface area (Å²) < 4.78 is 19.7. The summed E-state index contributed by atoms with van der Waals surface area (Å²) in [7, 11) is 0. The highest BCUT2D eigenvalue weighted by atomic mass is 79.9. The number of rotatable bonds is 2. The minimum atomic E-state index is -0.188. The van der Waals surface area contributed by atoms with Gasteiger partial charge in [-0.2, -0.15) is 0 Å². The van der Waals surface area contributed by atoms with Crippen LogP contribution in [-0.2, 0) is 6.42 Å². The van der Waals surface area contributed by atoms with Gasteiger partial charge in [-0.25, -0.2) is 4.39 Å². The summed E-state index contributed by atoms with van der Waals surface area (Å²) in [4.78, 5) is -0.141. The van der Waals surface area contributed by atoms with Crippen molar-refractivity contribution in [3.63, 3.8) is 0 Å². The molecule has 1 atom stereocenters. The quantitative estimate of drug-likeness (QED) is 0.700. The summed E-state index contributed by atoms with van der Waals surface area (Å²) in [5.74, 6) is 0.749. The van der Waals surface area contributed by atoms with Gasteiger partial charge in [0.2, 0.25) is 0 Å². The molecule has 0 aromatic heterocycles. The molecule has 20 heavy (non-hydrogen) atoms. The molecule has 1 aliphatic heterocycles. The van der Waals surface area contributed by atoms with Gasteiger partial charge < -0.3 is 4.74 Å². The number of ether oxygens (including phenoxy) is 1. The Morgan fingerprint density at radius 1 is 1.20 bits per heavy atom. The third-order valence-electron chi connectivity index (χ3n) is 3.56. The van der Waals surface area contributed by atoms with Crippen molar-refractivity contribution in [2.45, 2.75) is 30.7 Å². The van der Waals surface area contributed by atoms with E-state index in [9.17, 15) is 4.39 Å². The van der Waals surface area contributed by atoms with Crippen molar-refractivity contribution in [2.24, 2.45) is 0 Å². The second kappa shape index (κ2) is 4.88. The molecule has 1 aliphatic rings. The minimum absolute atomic E-state index is 0.141. The summed E-state index contributed by atoms with van der Waals surface area (Å²) in [6, 6.07) is 12.9. The van der Waals surface area contributed by atoms with E-state index in [1.165, 1.54) is 11.6 Å². The molecule has 0 bridgehead atoms. The van der Waals surface area contributed by atoms with Crippen LogP contribution >= 0.6 is 15.9 Å². The third-order valence-corrected chi connectivity index (χ3v) is 4.58. The van der Waals surface area contributed by atoms with Crippen molar-refractivity contribution in [2.75, 3.05) is 0 Å². The highest BCUT2D eigenvalue weighted by Crippen LogP contribution is 2.39. The number of alkyl halides is 1. The Morgan fingerprint density at radius 3 is 2.70 bits per heavy atom. The zero-order valence-corrected chi connectivity index (χ0v) is 13.1. The van der Waals surface area contributed by atoms with Crippen LogP contribution in [0.2, 0.25) is 0 Å². The van der Waals surface area contributed by atoms with E-state index in [0.29, 0.717) is 5.56 Å². The van der Waals surface area contributed by atoms with Gasteiger partial charge in [-0.1, -0.05) is 46.3 Å². The smallest absolute Gasteiger partial charge is 0.127 e. The highest BCUT2D eigenvalue weighted by molar-refractivity contribution is 9.09. The monoisotopic (exact) mass is 334 g/mol. The molecule has 0 spiro atoms. The summed E-state index contributed by atoms with van der Waals surface area (Å²) in [6.45, 7) is 4.16. The van der Waals surface area contributed by atoms with Gasteiger partial charge in [0.1, 0.15) is 17.2 Å². The maximum absolute atomic E-state index is 13.9. The lowest BCUT2D eigenvalue weighted by atomic mass is 9.97. The van der Waals surface area contributed by atoms with Crippen LogP contribution in [0, 0.1) is 5.82 Å². The molecule has 0 fully saturated rings. The number of hydrogen-bond donors (Lipinski definition) is 0. The predicted molar refractivity (Wildman–Crippen MR) is 82.0 cm³/mol. The van der Waals surface area contributed by atoms with Crippen LogP contribution in [0.25, 0.3) is 0 Å². The summed E-state index contributed by atoms with van der Waals surface area (Å²) >= 11 is 3.60. The summed E-state index contributed by atoms with van der Waals surface area (Å²) in [6.07, 6.45) is 0.882. The molecule has 3 rings (SSSR count). The zero-order valence-electron chi connectivity index (χ0n) is 11.5. The Morgan fingerprint density at radius 2 is 1.95 bits per heavy atom. The average Bonchev–Trinajstić information content (AvgIpc) is 2.71. The second-order valence-electron chi connectivity index (χ2n) is 5.79. The van der Waals surface area contributed by atoms with Crippen molar-refractivity contribution >= 4 is 15.9 Å². The lowest BCUT2D eigenvalue weighted by molar-refractivity contribution is 0.138. The van der Waals surface area contributed by atoms with Gasteiger partial charge in [-0.05, 0) is 37.1 Å². The molecule has 104 valence electrons. The maximum Gasteiger partial charge on any atom is 0.127 e. The largest absolute Gasteiger partial charge is 0.487 e. The number of benzene rings is 2. The molecule has 1 heterocycles. The minimum Gasteiger partial charge on any atom is -0.487 e. The third kappa shape index (κ3) is 2.47. The van der Waals surface area contributed by atoms with Gasteiger partial charge in [-0.3, -0.25) is 0 Å². The molecule has 3 heteroatoms.